The number of likely N-dealkylation sites (N-methyl/N-ethyl adjacent to an activating group) is 1. The van der Waals surface area contributed by atoms with Gasteiger partial charge in [0, 0.05) is 5.54 Å². The Morgan fingerprint density at radius 2 is 1.81 bits per heavy atom. The molecule has 1 aliphatic rings. The third-order valence-corrected chi connectivity index (χ3v) is 3.59. The molecular weight excluding hydrogens is 202 g/mol. The molecule has 0 aromatic heterocycles. The molecule has 0 saturated heterocycles. The zero-order chi connectivity index (χ0) is 11.8. The molecule has 0 unspecified atom stereocenters. The Balaban J connectivity index is 2.31. The number of carboxylic acids is 1. The number of nitrogens with zero attached hydrogens (tertiary/aromatic N) is 1. The van der Waals surface area contributed by atoms with Crippen molar-refractivity contribution in [2.24, 2.45) is 0 Å². The van der Waals surface area contributed by atoms with E-state index in [1.807, 2.05) is 26.2 Å². The van der Waals surface area contributed by atoms with Crippen LogP contribution in [0.4, 0.5) is 0 Å². The fourth-order valence-electron chi connectivity index (χ4n) is 2.55. The molecule has 1 N–H and O–H groups in total. The topological polar surface area (TPSA) is 40.5 Å². The molecule has 0 fully saturated rings. The van der Waals surface area contributed by atoms with Crippen LogP contribution in [-0.4, -0.2) is 35.6 Å². The SMILES string of the molecule is CN(C)C1(CC(=O)O)Cc2ccccc2C1. The monoisotopic (exact) mass is 219 g/mol. The molecule has 0 bridgehead atoms. The Morgan fingerprint density at radius 1 is 1.31 bits per heavy atom. The highest BCUT2D eigenvalue weighted by Gasteiger charge is 2.40. The van der Waals surface area contributed by atoms with Gasteiger partial charge in [-0.15, -0.1) is 0 Å². The minimum atomic E-state index is -0.721. The third-order valence-electron chi connectivity index (χ3n) is 3.59. The smallest absolute Gasteiger partial charge is 0.305 e. The predicted octanol–water partition coefficient (Wildman–Crippen LogP) is 1.56. The van der Waals surface area contributed by atoms with Crippen molar-refractivity contribution in [2.75, 3.05) is 14.1 Å². The Morgan fingerprint density at radius 3 is 2.19 bits per heavy atom. The van der Waals surface area contributed by atoms with Crippen LogP contribution in [0.15, 0.2) is 24.3 Å². The van der Waals surface area contributed by atoms with Crippen molar-refractivity contribution in [2.45, 2.75) is 24.8 Å². The second-order valence-corrected chi connectivity index (χ2v) is 4.81. The van der Waals surface area contributed by atoms with E-state index < -0.39 is 5.97 Å². The molecule has 0 saturated carbocycles. The fraction of sp³-hybridized carbons (Fsp3) is 0.462. The summed E-state index contributed by atoms with van der Waals surface area (Å²) >= 11 is 0. The van der Waals surface area contributed by atoms with Gasteiger partial charge in [-0.3, -0.25) is 4.79 Å². The lowest BCUT2D eigenvalue weighted by molar-refractivity contribution is -0.139. The third kappa shape index (κ3) is 1.83. The number of aliphatic carboxylic acids is 1. The zero-order valence-electron chi connectivity index (χ0n) is 9.73. The van der Waals surface area contributed by atoms with E-state index in [-0.39, 0.29) is 12.0 Å². The summed E-state index contributed by atoms with van der Waals surface area (Å²) in [6, 6.07) is 8.24. The van der Waals surface area contributed by atoms with Crippen LogP contribution in [0.2, 0.25) is 0 Å². The van der Waals surface area contributed by atoms with Gasteiger partial charge in [-0.25, -0.2) is 0 Å². The first kappa shape index (κ1) is 11.1. The molecule has 1 aliphatic carbocycles. The van der Waals surface area contributed by atoms with Crippen molar-refractivity contribution in [3.8, 4) is 0 Å². The normalized spacial score (nSPS) is 17.4. The van der Waals surface area contributed by atoms with Crippen molar-refractivity contribution in [3.05, 3.63) is 35.4 Å². The molecule has 1 aromatic rings. The lowest BCUT2D eigenvalue weighted by atomic mass is 9.90. The molecule has 0 aliphatic heterocycles. The van der Waals surface area contributed by atoms with Gasteiger partial charge in [0.15, 0.2) is 0 Å². The first-order valence-electron chi connectivity index (χ1n) is 5.49. The molecule has 3 nitrogen and oxygen atoms in total. The number of rotatable bonds is 3. The Labute approximate surface area is 95.7 Å². The number of hydrogen-bond donors (Lipinski definition) is 1. The molecule has 16 heavy (non-hydrogen) atoms. The maximum absolute atomic E-state index is 11.0. The van der Waals surface area contributed by atoms with Gasteiger partial charge in [-0.05, 0) is 38.1 Å². The standard InChI is InChI=1S/C13H17NO2/c1-14(2)13(9-12(15)16)7-10-5-3-4-6-11(10)8-13/h3-6H,7-9H2,1-2H3,(H,15,16). The van der Waals surface area contributed by atoms with Gasteiger partial charge < -0.3 is 10.0 Å². The highest BCUT2D eigenvalue weighted by molar-refractivity contribution is 5.69. The molecule has 2 rings (SSSR count). The molecule has 0 heterocycles. The minimum absolute atomic E-state index is 0.203. The van der Waals surface area contributed by atoms with Gasteiger partial charge in [0.1, 0.15) is 0 Å². The zero-order valence-corrected chi connectivity index (χ0v) is 9.73. The summed E-state index contributed by atoms with van der Waals surface area (Å²) in [7, 11) is 3.93. The molecule has 0 spiro atoms. The molecule has 0 radical (unpaired) electrons. The molecule has 3 heteroatoms. The van der Waals surface area contributed by atoms with E-state index in [2.05, 4.69) is 17.0 Å². The Kier molecular flexibility index (Phi) is 2.72. The van der Waals surface area contributed by atoms with E-state index in [1.54, 1.807) is 0 Å². The number of carbonyl (C=O) groups is 1. The van der Waals surface area contributed by atoms with Crippen molar-refractivity contribution >= 4 is 5.97 Å². The largest absolute Gasteiger partial charge is 0.481 e. The molecule has 0 atom stereocenters. The second-order valence-electron chi connectivity index (χ2n) is 4.81. The summed E-state index contributed by atoms with van der Waals surface area (Å²) in [5.74, 6) is -0.721. The van der Waals surface area contributed by atoms with Crippen molar-refractivity contribution in [1.29, 1.82) is 0 Å². The summed E-state index contributed by atoms with van der Waals surface area (Å²) in [5, 5.41) is 9.04. The van der Waals surface area contributed by atoms with Crippen LogP contribution >= 0.6 is 0 Å². The highest BCUT2D eigenvalue weighted by Crippen LogP contribution is 2.35. The van der Waals surface area contributed by atoms with E-state index in [1.165, 1.54) is 11.1 Å². The van der Waals surface area contributed by atoms with Crippen molar-refractivity contribution in [1.82, 2.24) is 4.90 Å². The van der Waals surface area contributed by atoms with E-state index in [4.69, 9.17) is 5.11 Å². The van der Waals surface area contributed by atoms with Gasteiger partial charge in [-0.1, -0.05) is 24.3 Å². The molecular formula is C13H17NO2. The average molecular weight is 219 g/mol. The second kappa shape index (κ2) is 3.91. The summed E-state index contributed by atoms with van der Waals surface area (Å²) in [5.41, 5.74) is 2.34. The van der Waals surface area contributed by atoms with Crippen LogP contribution in [-0.2, 0) is 17.6 Å². The maximum atomic E-state index is 11.0. The van der Waals surface area contributed by atoms with Crippen molar-refractivity contribution < 1.29 is 9.90 Å². The van der Waals surface area contributed by atoms with Crippen LogP contribution in [0.5, 0.6) is 0 Å². The molecule has 86 valence electrons. The summed E-state index contributed by atoms with van der Waals surface area (Å²) in [4.78, 5) is 13.0. The van der Waals surface area contributed by atoms with Crippen LogP contribution < -0.4 is 0 Å². The Bertz CT molecular complexity index is 387. The van der Waals surface area contributed by atoms with Crippen LogP contribution in [0.3, 0.4) is 0 Å². The Hall–Kier alpha value is -1.35. The van der Waals surface area contributed by atoms with Gasteiger partial charge >= 0.3 is 5.97 Å². The van der Waals surface area contributed by atoms with Gasteiger partial charge in [0.25, 0.3) is 0 Å². The lowest BCUT2D eigenvalue weighted by Gasteiger charge is -2.34. The summed E-state index contributed by atoms with van der Waals surface area (Å²) in [6.07, 6.45) is 1.87. The predicted molar refractivity (Wildman–Crippen MR) is 62.5 cm³/mol. The van der Waals surface area contributed by atoms with E-state index >= 15 is 0 Å². The van der Waals surface area contributed by atoms with Gasteiger partial charge in [0.05, 0.1) is 6.42 Å². The number of carboxylic acid groups (broad SMARTS) is 1. The van der Waals surface area contributed by atoms with E-state index in [0.717, 1.165) is 12.8 Å². The number of fused-ring (bicyclic) bond motifs is 1. The van der Waals surface area contributed by atoms with Crippen LogP contribution in [0.25, 0.3) is 0 Å². The van der Waals surface area contributed by atoms with E-state index in [0.29, 0.717) is 0 Å². The maximum Gasteiger partial charge on any atom is 0.305 e. The number of benzene rings is 1. The van der Waals surface area contributed by atoms with Gasteiger partial charge in [0.2, 0.25) is 0 Å². The average Bonchev–Trinajstić information content (AvgIpc) is 2.55. The summed E-state index contributed by atoms with van der Waals surface area (Å²) in [6.45, 7) is 0. The quantitative estimate of drug-likeness (QED) is 0.838. The first-order chi connectivity index (χ1) is 7.53. The fourth-order valence-corrected chi connectivity index (χ4v) is 2.55. The summed E-state index contributed by atoms with van der Waals surface area (Å²) < 4.78 is 0. The van der Waals surface area contributed by atoms with Crippen LogP contribution in [0, 0.1) is 0 Å². The van der Waals surface area contributed by atoms with Crippen molar-refractivity contribution in [3.63, 3.8) is 0 Å². The van der Waals surface area contributed by atoms with E-state index in [9.17, 15) is 4.79 Å². The van der Waals surface area contributed by atoms with Crippen LogP contribution in [0.1, 0.15) is 17.5 Å². The van der Waals surface area contributed by atoms with Gasteiger partial charge in [-0.2, -0.15) is 0 Å². The first-order valence-corrected chi connectivity index (χ1v) is 5.49. The molecule has 1 aromatic carbocycles. The minimum Gasteiger partial charge on any atom is -0.481 e. The highest BCUT2D eigenvalue weighted by atomic mass is 16.4. The molecule has 0 amide bonds. The number of hydrogen-bond acceptors (Lipinski definition) is 2. The lowest BCUT2D eigenvalue weighted by Crippen LogP contribution is -2.46.